The molecule has 0 saturated heterocycles. The van der Waals surface area contributed by atoms with Gasteiger partial charge in [-0.3, -0.25) is 0 Å². The first-order valence-corrected chi connectivity index (χ1v) is 8.43. The van der Waals surface area contributed by atoms with Gasteiger partial charge in [0.2, 0.25) is 0 Å². The van der Waals surface area contributed by atoms with E-state index >= 15 is 0 Å². The van der Waals surface area contributed by atoms with E-state index in [9.17, 15) is 0 Å². The van der Waals surface area contributed by atoms with E-state index in [2.05, 4.69) is 78.1 Å². The van der Waals surface area contributed by atoms with Crippen LogP contribution in [0.5, 0.6) is 0 Å². The van der Waals surface area contributed by atoms with Gasteiger partial charge < -0.3 is 4.90 Å². The molecule has 1 atom stereocenters. The van der Waals surface area contributed by atoms with Gasteiger partial charge >= 0.3 is 0 Å². The highest BCUT2D eigenvalue weighted by Crippen LogP contribution is 2.32. The summed E-state index contributed by atoms with van der Waals surface area (Å²) in [6.07, 6.45) is 9.40. The maximum absolute atomic E-state index is 3.52. The molecule has 0 fully saturated rings. The van der Waals surface area contributed by atoms with Crippen LogP contribution in [0.25, 0.3) is 0 Å². The van der Waals surface area contributed by atoms with E-state index in [4.69, 9.17) is 0 Å². The van der Waals surface area contributed by atoms with Crippen molar-refractivity contribution in [2.24, 2.45) is 0 Å². The van der Waals surface area contributed by atoms with Gasteiger partial charge in [-0.2, -0.15) is 0 Å². The number of hydrogen-bond acceptors (Lipinski definition) is 1. The van der Waals surface area contributed by atoms with E-state index in [1.54, 1.807) is 5.57 Å². The monoisotopic (exact) mass is 333 g/mol. The van der Waals surface area contributed by atoms with Crippen LogP contribution in [0.1, 0.15) is 46.5 Å². The van der Waals surface area contributed by atoms with Crippen LogP contribution >= 0.6 is 15.9 Å². The molecule has 0 bridgehead atoms. The maximum atomic E-state index is 3.52. The minimum atomic E-state index is 0.515. The van der Waals surface area contributed by atoms with Gasteiger partial charge in [0.15, 0.2) is 0 Å². The highest BCUT2D eigenvalue weighted by molar-refractivity contribution is 9.10. The molecule has 1 aliphatic heterocycles. The lowest BCUT2D eigenvalue weighted by Crippen LogP contribution is -2.35. The fraction of sp³-hybridized carbons (Fsp3) is 0.444. The Morgan fingerprint density at radius 1 is 1.05 bits per heavy atom. The predicted molar refractivity (Wildman–Crippen MR) is 92.1 cm³/mol. The van der Waals surface area contributed by atoms with Crippen molar-refractivity contribution in [2.45, 2.75) is 52.5 Å². The van der Waals surface area contributed by atoms with Crippen molar-refractivity contribution < 1.29 is 0 Å². The number of hydrogen-bond donors (Lipinski definition) is 0. The lowest BCUT2D eigenvalue weighted by molar-refractivity contribution is 0.626. The molecule has 2 heteroatoms. The molecule has 0 radical (unpaired) electrons. The molecule has 1 heterocycles. The van der Waals surface area contributed by atoms with Crippen LogP contribution in [0, 0.1) is 0 Å². The van der Waals surface area contributed by atoms with Crippen molar-refractivity contribution in [3.05, 3.63) is 52.2 Å². The Labute approximate surface area is 131 Å². The molecule has 0 aliphatic carbocycles. The standard InChI is InChI=1S/C18H24BrN/c1-4-7-18-15(6-3)12-14(5-2)13-20(18)17-10-8-16(19)9-11-17/h8-13,18H,4-7H2,1-3H3. The highest BCUT2D eigenvalue weighted by Gasteiger charge is 2.23. The van der Waals surface area contributed by atoms with Gasteiger partial charge in [0, 0.05) is 16.4 Å². The number of benzene rings is 1. The summed E-state index contributed by atoms with van der Waals surface area (Å²) in [7, 11) is 0. The third-order valence-electron chi connectivity index (χ3n) is 3.94. The molecule has 0 saturated carbocycles. The molecule has 0 amide bonds. The van der Waals surface area contributed by atoms with E-state index in [0.717, 1.165) is 17.3 Å². The van der Waals surface area contributed by atoms with Crippen molar-refractivity contribution >= 4 is 21.6 Å². The van der Waals surface area contributed by atoms with Crippen LogP contribution in [0.2, 0.25) is 0 Å². The topological polar surface area (TPSA) is 3.24 Å². The molecular formula is C18H24BrN. The minimum Gasteiger partial charge on any atom is -0.341 e. The number of allylic oxidation sites excluding steroid dienone is 2. The van der Waals surface area contributed by atoms with E-state index in [1.165, 1.54) is 24.1 Å². The first kappa shape index (κ1) is 15.4. The van der Waals surface area contributed by atoms with Gasteiger partial charge in [0.25, 0.3) is 0 Å². The SMILES string of the molecule is CCCC1C(CC)=CC(CC)=CN1c1ccc(Br)cc1. The summed E-state index contributed by atoms with van der Waals surface area (Å²) in [6.45, 7) is 6.77. The smallest absolute Gasteiger partial charge is 0.0548 e. The Morgan fingerprint density at radius 3 is 2.30 bits per heavy atom. The normalized spacial score (nSPS) is 18.8. The fourth-order valence-corrected chi connectivity index (χ4v) is 3.08. The largest absolute Gasteiger partial charge is 0.341 e. The molecule has 1 aromatic rings. The van der Waals surface area contributed by atoms with Gasteiger partial charge in [-0.05, 0) is 54.7 Å². The molecule has 20 heavy (non-hydrogen) atoms. The van der Waals surface area contributed by atoms with Crippen molar-refractivity contribution in [2.75, 3.05) is 4.90 Å². The highest BCUT2D eigenvalue weighted by atomic mass is 79.9. The zero-order valence-electron chi connectivity index (χ0n) is 12.7. The average molecular weight is 334 g/mol. The van der Waals surface area contributed by atoms with E-state index < -0.39 is 0 Å². The predicted octanol–water partition coefficient (Wildman–Crippen LogP) is 6.07. The third kappa shape index (κ3) is 3.35. The van der Waals surface area contributed by atoms with Crippen LogP contribution < -0.4 is 4.90 Å². The Bertz CT molecular complexity index is 499. The van der Waals surface area contributed by atoms with Gasteiger partial charge in [-0.15, -0.1) is 0 Å². The number of nitrogens with zero attached hydrogens (tertiary/aromatic N) is 1. The second-order valence-electron chi connectivity index (χ2n) is 5.32. The number of rotatable bonds is 5. The lowest BCUT2D eigenvalue weighted by Gasteiger charge is -2.36. The second kappa shape index (κ2) is 7.12. The minimum absolute atomic E-state index is 0.515. The van der Waals surface area contributed by atoms with Crippen LogP contribution in [-0.4, -0.2) is 6.04 Å². The van der Waals surface area contributed by atoms with Crippen molar-refractivity contribution in [3.8, 4) is 0 Å². The first-order valence-electron chi connectivity index (χ1n) is 7.64. The van der Waals surface area contributed by atoms with Crippen LogP contribution in [0.15, 0.2) is 52.2 Å². The summed E-state index contributed by atoms with van der Waals surface area (Å²) < 4.78 is 1.14. The molecular weight excluding hydrogens is 310 g/mol. The van der Waals surface area contributed by atoms with Crippen molar-refractivity contribution in [3.63, 3.8) is 0 Å². The van der Waals surface area contributed by atoms with Gasteiger partial charge in [0.1, 0.15) is 0 Å². The van der Waals surface area contributed by atoms with Crippen LogP contribution in [-0.2, 0) is 0 Å². The molecule has 1 aliphatic rings. The molecule has 2 rings (SSSR count). The Balaban J connectivity index is 2.38. The summed E-state index contributed by atoms with van der Waals surface area (Å²) in [4.78, 5) is 2.47. The van der Waals surface area contributed by atoms with Crippen LogP contribution in [0.3, 0.4) is 0 Å². The first-order chi connectivity index (χ1) is 9.69. The molecule has 0 N–H and O–H groups in total. The van der Waals surface area contributed by atoms with E-state index in [0.29, 0.717) is 6.04 Å². The van der Waals surface area contributed by atoms with Crippen LogP contribution in [0.4, 0.5) is 5.69 Å². The van der Waals surface area contributed by atoms with E-state index in [1.807, 2.05) is 0 Å². The summed E-state index contributed by atoms with van der Waals surface area (Å²) in [5, 5.41) is 0. The van der Waals surface area contributed by atoms with Gasteiger partial charge in [-0.1, -0.05) is 49.2 Å². The molecule has 108 valence electrons. The maximum Gasteiger partial charge on any atom is 0.0548 e. The van der Waals surface area contributed by atoms with E-state index in [-0.39, 0.29) is 0 Å². The zero-order valence-corrected chi connectivity index (χ0v) is 14.3. The summed E-state index contributed by atoms with van der Waals surface area (Å²) in [5.74, 6) is 0. The number of halogens is 1. The lowest BCUT2D eigenvalue weighted by atomic mass is 9.92. The number of anilines is 1. The quantitative estimate of drug-likeness (QED) is 0.632. The molecule has 1 nitrogen and oxygen atoms in total. The molecule has 1 unspecified atom stereocenters. The average Bonchev–Trinajstić information content (AvgIpc) is 2.48. The molecule has 0 aromatic heterocycles. The molecule has 0 spiro atoms. The Morgan fingerprint density at radius 2 is 1.75 bits per heavy atom. The molecule has 1 aromatic carbocycles. The Kier molecular flexibility index (Phi) is 5.47. The van der Waals surface area contributed by atoms with Gasteiger partial charge in [0.05, 0.1) is 6.04 Å². The summed E-state index contributed by atoms with van der Waals surface area (Å²) >= 11 is 3.52. The Hall–Kier alpha value is -1.02. The fourth-order valence-electron chi connectivity index (χ4n) is 2.82. The summed E-state index contributed by atoms with van der Waals surface area (Å²) in [6, 6.07) is 9.18. The van der Waals surface area contributed by atoms with Crippen molar-refractivity contribution in [1.82, 2.24) is 0 Å². The second-order valence-corrected chi connectivity index (χ2v) is 6.23. The van der Waals surface area contributed by atoms with Crippen molar-refractivity contribution in [1.29, 1.82) is 0 Å². The third-order valence-corrected chi connectivity index (χ3v) is 4.47. The van der Waals surface area contributed by atoms with Gasteiger partial charge in [-0.25, -0.2) is 0 Å². The summed E-state index contributed by atoms with van der Waals surface area (Å²) in [5.41, 5.74) is 4.28. The zero-order chi connectivity index (χ0) is 14.5.